The van der Waals surface area contributed by atoms with Gasteiger partial charge in [0.2, 0.25) is 11.8 Å². The predicted molar refractivity (Wildman–Crippen MR) is 91.9 cm³/mol. The summed E-state index contributed by atoms with van der Waals surface area (Å²) < 4.78 is 21.4. The summed E-state index contributed by atoms with van der Waals surface area (Å²) in [7, 11) is 0. The molecule has 0 aromatic carbocycles. The first-order chi connectivity index (χ1) is 13.8. The molecule has 0 saturated carbocycles. The molecule has 6 N–H and O–H groups in total. The molecule has 0 amide bonds. The van der Waals surface area contributed by atoms with E-state index in [2.05, 4.69) is 15.0 Å². The van der Waals surface area contributed by atoms with Crippen molar-refractivity contribution in [3.63, 3.8) is 0 Å². The summed E-state index contributed by atoms with van der Waals surface area (Å²) in [6, 6.07) is 0. The third kappa shape index (κ3) is 3.17. The van der Waals surface area contributed by atoms with Crippen molar-refractivity contribution in [2.24, 2.45) is 0 Å². The van der Waals surface area contributed by atoms with Gasteiger partial charge in [0, 0.05) is 0 Å². The number of aromatic nitrogens is 4. The molecule has 4 heterocycles. The van der Waals surface area contributed by atoms with Crippen LogP contribution in [0.5, 0.6) is 5.88 Å². The van der Waals surface area contributed by atoms with E-state index in [1.807, 2.05) is 0 Å². The van der Waals surface area contributed by atoms with Gasteiger partial charge in [-0.25, -0.2) is 14.2 Å². The van der Waals surface area contributed by atoms with Crippen LogP contribution in [0.1, 0.15) is 17.7 Å². The standard InChI is InChI=1S/C15H17N5O9/c1-4-6(29-15(25)27-4)3-26-11-7-10(18-13(16)19-11)20(14(24)17-7)12-9(23)8(22)5(2-21)28-12/h5,8-9,12,21-23H,2-3H2,1H3,(H,17,24)(H2,16,18,19)/t5-,8-,9-,12-/m1/s1. The normalized spacial score (nSPS) is 24.4. The molecule has 156 valence electrons. The highest BCUT2D eigenvalue weighted by molar-refractivity contribution is 5.77. The smallest absolute Gasteiger partial charge is 0.468 e. The zero-order valence-corrected chi connectivity index (χ0v) is 14.9. The Balaban J connectivity index is 1.73. The van der Waals surface area contributed by atoms with Crippen molar-refractivity contribution in [1.29, 1.82) is 0 Å². The first-order valence-corrected chi connectivity index (χ1v) is 8.42. The van der Waals surface area contributed by atoms with Crippen LogP contribution in [0, 0.1) is 6.92 Å². The van der Waals surface area contributed by atoms with Gasteiger partial charge in [-0.1, -0.05) is 0 Å². The number of aliphatic hydroxyl groups is 3. The number of ether oxygens (including phenoxy) is 2. The maximum absolute atomic E-state index is 12.5. The van der Waals surface area contributed by atoms with Gasteiger partial charge in [-0.3, -0.25) is 4.98 Å². The van der Waals surface area contributed by atoms with Crippen LogP contribution in [-0.4, -0.2) is 59.8 Å². The lowest BCUT2D eigenvalue weighted by Gasteiger charge is -2.15. The van der Waals surface area contributed by atoms with Crippen molar-refractivity contribution < 1.29 is 33.6 Å². The average Bonchev–Trinajstić information content (AvgIpc) is 3.26. The first-order valence-electron chi connectivity index (χ1n) is 8.42. The first kappa shape index (κ1) is 19.1. The van der Waals surface area contributed by atoms with Crippen LogP contribution >= 0.6 is 0 Å². The Morgan fingerprint density at radius 3 is 2.62 bits per heavy atom. The van der Waals surface area contributed by atoms with Crippen molar-refractivity contribution in [3.8, 4) is 5.88 Å². The van der Waals surface area contributed by atoms with E-state index in [9.17, 15) is 24.9 Å². The van der Waals surface area contributed by atoms with Gasteiger partial charge in [0.1, 0.15) is 23.8 Å². The summed E-state index contributed by atoms with van der Waals surface area (Å²) in [5, 5.41) is 29.4. The van der Waals surface area contributed by atoms with Crippen LogP contribution in [0.25, 0.3) is 11.2 Å². The second kappa shape index (κ2) is 7.00. The molecule has 0 aliphatic carbocycles. The highest BCUT2D eigenvalue weighted by Crippen LogP contribution is 2.31. The zero-order chi connectivity index (χ0) is 20.9. The fraction of sp³-hybridized carbons (Fsp3) is 0.467. The number of aliphatic hydroxyl groups excluding tert-OH is 3. The number of aromatic amines is 1. The van der Waals surface area contributed by atoms with E-state index < -0.39 is 42.7 Å². The van der Waals surface area contributed by atoms with E-state index in [1.165, 1.54) is 6.92 Å². The summed E-state index contributed by atoms with van der Waals surface area (Å²) in [5.74, 6) is -0.940. The van der Waals surface area contributed by atoms with Gasteiger partial charge in [0.15, 0.2) is 30.0 Å². The Morgan fingerprint density at radius 2 is 2.00 bits per heavy atom. The third-order valence-electron chi connectivity index (χ3n) is 4.50. The molecule has 29 heavy (non-hydrogen) atoms. The number of anilines is 1. The number of hydrogen-bond donors (Lipinski definition) is 5. The SMILES string of the molecule is Cc1oc(=O)oc1COc1nc(N)nc2c1[nH]c(=O)n2[C@@H]1O[C@H](CO)[C@@H](O)[C@H]1O. The molecule has 3 aromatic heterocycles. The molecule has 0 radical (unpaired) electrons. The minimum Gasteiger partial charge on any atom is -0.468 e. The van der Waals surface area contributed by atoms with Crippen LogP contribution in [0.3, 0.4) is 0 Å². The summed E-state index contributed by atoms with van der Waals surface area (Å²) in [5.41, 5.74) is 4.93. The molecule has 1 aliphatic heterocycles. The molecule has 0 bridgehead atoms. The lowest BCUT2D eigenvalue weighted by molar-refractivity contribution is -0.0524. The van der Waals surface area contributed by atoms with Gasteiger partial charge in [0.25, 0.3) is 0 Å². The zero-order valence-electron chi connectivity index (χ0n) is 14.9. The van der Waals surface area contributed by atoms with Gasteiger partial charge in [-0.15, -0.1) is 0 Å². The van der Waals surface area contributed by atoms with Crippen LogP contribution < -0.4 is 22.0 Å². The number of H-pyrrole nitrogens is 1. The lowest BCUT2D eigenvalue weighted by atomic mass is 10.1. The van der Waals surface area contributed by atoms with E-state index in [4.69, 9.17) is 24.0 Å². The van der Waals surface area contributed by atoms with Crippen molar-refractivity contribution in [2.75, 3.05) is 12.3 Å². The molecule has 1 fully saturated rings. The highest BCUT2D eigenvalue weighted by atomic mass is 16.6. The largest absolute Gasteiger partial charge is 0.519 e. The van der Waals surface area contributed by atoms with Crippen LogP contribution in [0.2, 0.25) is 0 Å². The van der Waals surface area contributed by atoms with Crippen molar-refractivity contribution in [1.82, 2.24) is 19.5 Å². The number of rotatable bonds is 5. The molecule has 1 aliphatic rings. The van der Waals surface area contributed by atoms with Crippen molar-refractivity contribution in [3.05, 3.63) is 32.6 Å². The fourth-order valence-corrected chi connectivity index (χ4v) is 3.07. The monoisotopic (exact) mass is 411 g/mol. The van der Waals surface area contributed by atoms with Crippen LogP contribution in [0.15, 0.2) is 18.4 Å². The maximum Gasteiger partial charge on any atom is 0.519 e. The number of hydrogen-bond acceptors (Lipinski definition) is 12. The third-order valence-corrected chi connectivity index (χ3v) is 4.50. The quantitative estimate of drug-likeness (QED) is 0.301. The number of nitrogens with zero attached hydrogens (tertiary/aromatic N) is 3. The highest BCUT2D eigenvalue weighted by Gasteiger charge is 2.45. The number of fused-ring (bicyclic) bond motifs is 1. The maximum atomic E-state index is 12.5. The van der Waals surface area contributed by atoms with E-state index in [-0.39, 0.29) is 41.1 Å². The molecule has 1 saturated heterocycles. The number of imidazole rings is 1. The van der Waals surface area contributed by atoms with Crippen LogP contribution in [0.4, 0.5) is 5.95 Å². The summed E-state index contributed by atoms with van der Waals surface area (Å²) >= 11 is 0. The van der Waals surface area contributed by atoms with E-state index in [0.29, 0.717) is 0 Å². The molecule has 14 nitrogen and oxygen atoms in total. The molecule has 0 spiro atoms. The molecular weight excluding hydrogens is 394 g/mol. The van der Waals surface area contributed by atoms with E-state index >= 15 is 0 Å². The van der Waals surface area contributed by atoms with E-state index in [0.717, 1.165) is 4.57 Å². The lowest BCUT2D eigenvalue weighted by Crippen LogP contribution is -2.34. The summed E-state index contributed by atoms with van der Waals surface area (Å²) in [6.45, 7) is 0.699. The average molecular weight is 411 g/mol. The summed E-state index contributed by atoms with van der Waals surface area (Å²) in [4.78, 5) is 34.0. The van der Waals surface area contributed by atoms with Gasteiger partial charge in [0.05, 0.1) is 6.61 Å². The topological polar surface area (TPSA) is 212 Å². The fourth-order valence-electron chi connectivity index (χ4n) is 3.07. The van der Waals surface area contributed by atoms with Gasteiger partial charge >= 0.3 is 11.5 Å². The van der Waals surface area contributed by atoms with Gasteiger partial charge < -0.3 is 39.4 Å². The number of nitrogens with two attached hydrogens (primary N) is 1. The Morgan fingerprint density at radius 1 is 1.24 bits per heavy atom. The molecule has 4 rings (SSSR count). The number of nitrogens with one attached hydrogen (secondary N) is 1. The van der Waals surface area contributed by atoms with Gasteiger partial charge in [-0.05, 0) is 6.92 Å². The molecular formula is C15H17N5O9. The van der Waals surface area contributed by atoms with Crippen molar-refractivity contribution >= 4 is 17.1 Å². The van der Waals surface area contributed by atoms with Gasteiger partial charge in [-0.2, -0.15) is 9.97 Å². The second-order valence-electron chi connectivity index (χ2n) is 6.34. The van der Waals surface area contributed by atoms with Crippen LogP contribution in [-0.2, 0) is 11.3 Å². The predicted octanol–water partition coefficient (Wildman–Crippen LogP) is -2.25. The van der Waals surface area contributed by atoms with E-state index in [1.54, 1.807) is 0 Å². The minimum absolute atomic E-state index is 0.0328. The Hall–Kier alpha value is -3.20. The Bertz CT molecular complexity index is 1160. The molecule has 0 unspecified atom stereocenters. The van der Waals surface area contributed by atoms with Crippen molar-refractivity contribution in [2.45, 2.75) is 38.1 Å². The molecule has 4 atom stereocenters. The summed E-state index contributed by atoms with van der Waals surface area (Å²) in [6.07, 6.45) is -5.34. The minimum atomic E-state index is -1.51. The Labute approximate surface area is 160 Å². The number of nitrogen functional groups attached to an aromatic ring is 1. The molecule has 14 heteroatoms. The molecule has 3 aromatic rings. The number of aryl methyl sites for hydroxylation is 1. The Kier molecular flexibility index (Phi) is 4.62. The second-order valence-corrected chi connectivity index (χ2v) is 6.34.